The average Bonchev–Trinajstić information content (AvgIpc) is 2.80. The second-order valence-electron chi connectivity index (χ2n) is 7.15. The van der Waals surface area contributed by atoms with Gasteiger partial charge in [-0.2, -0.15) is 0 Å². The number of hydrazine groups is 1. The number of Topliss-reactive ketones (excluding diaryl/α,β-unsaturated/α-hetero) is 1. The molecule has 3 aromatic rings. The zero-order valence-corrected chi connectivity index (χ0v) is 16.1. The van der Waals surface area contributed by atoms with Crippen LogP contribution in [0.25, 0.3) is 0 Å². The molecular weight excluding hydrogens is 364 g/mol. The third-order valence-electron chi connectivity index (χ3n) is 5.25. The molecule has 0 bridgehead atoms. The Morgan fingerprint density at radius 3 is 1.90 bits per heavy atom. The molecule has 0 aromatic heterocycles. The predicted molar refractivity (Wildman–Crippen MR) is 112 cm³/mol. The molecule has 0 saturated heterocycles. The number of rotatable bonds is 6. The van der Waals surface area contributed by atoms with Crippen molar-refractivity contribution < 1.29 is 14.8 Å². The van der Waals surface area contributed by atoms with Crippen LogP contribution in [0, 0.1) is 0 Å². The van der Waals surface area contributed by atoms with E-state index in [2.05, 4.69) is 0 Å². The van der Waals surface area contributed by atoms with Crippen LogP contribution in [0.4, 0.5) is 11.4 Å². The van der Waals surface area contributed by atoms with Crippen molar-refractivity contribution in [3.63, 3.8) is 0 Å². The fourth-order valence-corrected chi connectivity index (χ4v) is 3.73. The molecule has 0 aliphatic heterocycles. The molecule has 1 aliphatic rings. The molecule has 0 unspecified atom stereocenters. The standard InChI is InChI=1S/C24H24N2O3/c27-23-18-10-11-19-24(23,20-12-4-1-5-13-20)29-26(22-16-8-3-9-17-22)25(28)21-14-6-2-7-15-21/h1-9,12-17,28H,10-11,18-19H2/t24-/m0/s1. The quantitative estimate of drug-likeness (QED) is 0.583. The van der Waals surface area contributed by atoms with E-state index < -0.39 is 5.60 Å². The maximum Gasteiger partial charge on any atom is 0.181 e. The van der Waals surface area contributed by atoms with E-state index in [1.807, 2.05) is 78.9 Å². The van der Waals surface area contributed by atoms with Crippen molar-refractivity contribution in [3.05, 3.63) is 96.6 Å². The van der Waals surface area contributed by atoms with Gasteiger partial charge < -0.3 is 0 Å². The average molecular weight is 388 g/mol. The van der Waals surface area contributed by atoms with Gasteiger partial charge in [0.25, 0.3) is 0 Å². The Balaban J connectivity index is 1.78. The maximum absolute atomic E-state index is 13.2. The number of carbonyl (C=O) groups excluding carboxylic acids is 1. The molecule has 0 amide bonds. The number of para-hydroxylation sites is 2. The molecule has 3 aromatic carbocycles. The summed E-state index contributed by atoms with van der Waals surface area (Å²) >= 11 is 0. The summed E-state index contributed by atoms with van der Waals surface area (Å²) in [5.74, 6) is 0.0253. The van der Waals surface area contributed by atoms with E-state index in [0.717, 1.165) is 23.6 Å². The van der Waals surface area contributed by atoms with E-state index >= 15 is 0 Å². The lowest BCUT2D eigenvalue weighted by Gasteiger charge is -2.42. The van der Waals surface area contributed by atoms with Crippen LogP contribution in [-0.4, -0.2) is 11.0 Å². The number of carbonyl (C=O) groups is 1. The minimum absolute atomic E-state index is 0.0253. The summed E-state index contributed by atoms with van der Waals surface area (Å²) in [6.45, 7) is 0. The Morgan fingerprint density at radius 2 is 1.31 bits per heavy atom. The zero-order chi connectivity index (χ0) is 20.1. The van der Waals surface area contributed by atoms with Crippen molar-refractivity contribution in [3.8, 4) is 0 Å². The van der Waals surface area contributed by atoms with Crippen LogP contribution < -0.4 is 10.3 Å². The molecule has 0 spiro atoms. The highest BCUT2D eigenvalue weighted by Gasteiger charge is 2.46. The molecule has 1 saturated carbocycles. The van der Waals surface area contributed by atoms with E-state index in [1.54, 1.807) is 12.1 Å². The summed E-state index contributed by atoms with van der Waals surface area (Å²) in [7, 11) is 0. The topological polar surface area (TPSA) is 53.0 Å². The summed E-state index contributed by atoms with van der Waals surface area (Å²) in [5, 5.41) is 13.3. The molecule has 4 rings (SSSR count). The molecule has 1 atom stereocenters. The predicted octanol–water partition coefficient (Wildman–Crippen LogP) is 5.27. The van der Waals surface area contributed by atoms with Gasteiger partial charge in [-0.25, -0.2) is 4.84 Å². The molecule has 1 N–H and O–H groups in total. The number of nitrogens with zero attached hydrogens (tertiary/aromatic N) is 2. The first kappa shape index (κ1) is 19.2. The highest BCUT2D eigenvalue weighted by Crippen LogP contribution is 2.40. The summed E-state index contributed by atoms with van der Waals surface area (Å²) in [6.07, 6.45) is 2.74. The third-order valence-corrected chi connectivity index (χ3v) is 5.25. The Hall–Kier alpha value is -3.15. The minimum Gasteiger partial charge on any atom is -0.296 e. The monoisotopic (exact) mass is 388 g/mol. The lowest BCUT2D eigenvalue weighted by molar-refractivity contribution is -0.158. The zero-order valence-electron chi connectivity index (χ0n) is 16.1. The van der Waals surface area contributed by atoms with Crippen molar-refractivity contribution in [2.45, 2.75) is 31.3 Å². The van der Waals surface area contributed by atoms with Gasteiger partial charge in [-0.15, -0.1) is 10.3 Å². The van der Waals surface area contributed by atoms with Crippen molar-refractivity contribution in [2.75, 3.05) is 10.3 Å². The van der Waals surface area contributed by atoms with Crippen molar-refractivity contribution in [1.82, 2.24) is 0 Å². The van der Waals surface area contributed by atoms with E-state index in [1.165, 1.54) is 5.17 Å². The van der Waals surface area contributed by atoms with E-state index in [-0.39, 0.29) is 5.78 Å². The van der Waals surface area contributed by atoms with Crippen LogP contribution in [0.1, 0.15) is 31.2 Å². The molecule has 29 heavy (non-hydrogen) atoms. The van der Waals surface area contributed by atoms with Gasteiger partial charge >= 0.3 is 0 Å². The van der Waals surface area contributed by atoms with Crippen molar-refractivity contribution >= 4 is 17.2 Å². The second-order valence-corrected chi connectivity index (χ2v) is 7.15. The van der Waals surface area contributed by atoms with Crippen molar-refractivity contribution in [1.29, 1.82) is 0 Å². The van der Waals surface area contributed by atoms with Gasteiger partial charge in [-0.3, -0.25) is 10.0 Å². The van der Waals surface area contributed by atoms with Gasteiger partial charge in [-0.05, 0) is 49.1 Å². The smallest absolute Gasteiger partial charge is 0.181 e. The first-order valence-corrected chi connectivity index (χ1v) is 9.88. The highest BCUT2D eigenvalue weighted by molar-refractivity contribution is 5.89. The van der Waals surface area contributed by atoms with Gasteiger partial charge in [-0.1, -0.05) is 66.7 Å². The van der Waals surface area contributed by atoms with E-state index in [4.69, 9.17) is 4.84 Å². The molecule has 0 radical (unpaired) electrons. The third kappa shape index (κ3) is 3.88. The highest BCUT2D eigenvalue weighted by atomic mass is 16.8. The number of hydrogen-bond donors (Lipinski definition) is 1. The Labute approximate surface area is 170 Å². The first-order valence-electron chi connectivity index (χ1n) is 9.88. The molecule has 1 aliphatic carbocycles. The number of ketones is 1. The number of anilines is 2. The van der Waals surface area contributed by atoms with Gasteiger partial charge in [0.2, 0.25) is 0 Å². The SMILES string of the molecule is O=C1CCCC[C@]1(ON(c1ccccc1)N(O)c1ccccc1)c1ccccc1. The summed E-state index contributed by atoms with van der Waals surface area (Å²) in [5.41, 5.74) is 0.799. The summed E-state index contributed by atoms with van der Waals surface area (Å²) in [6, 6.07) is 27.9. The van der Waals surface area contributed by atoms with Gasteiger partial charge in [0.1, 0.15) is 0 Å². The molecule has 148 valence electrons. The molecule has 1 fully saturated rings. The fraction of sp³-hybridized carbons (Fsp3) is 0.208. The molecule has 0 heterocycles. The largest absolute Gasteiger partial charge is 0.296 e. The Kier molecular flexibility index (Phi) is 5.60. The van der Waals surface area contributed by atoms with Gasteiger partial charge in [0.15, 0.2) is 11.4 Å². The van der Waals surface area contributed by atoms with Crippen LogP contribution in [0.5, 0.6) is 0 Å². The molecular formula is C24H24N2O3. The van der Waals surface area contributed by atoms with E-state index in [9.17, 15) is 10.0 Å². The summed E-state index contributed by atoms with van der Waals surface area (Å²) < 4.78 is 0. The number of hydrogen-bond acceptors (Lipinski definition) is 5. The second kappa shape index (κ2) is 8.47. The summed E-state index contributed by atoms with van der Waals surface area (Å²) in [4.78, 5) is 19.6. The molecule has 5 nitrogen and oxygen atoms in total. The normalized spacial score (nSPS) is 19.0. The van der Waals surface area contributed by atoms with Crippen LogP contribution >= 0.6 is 0 Å². The molecule has 5 heteroatoms. The lowest BCUT2D eigenvalue weighted by Crippen LogP contribution is -2.51. The van der Waals surface area contributed by atoms with Gasteiger partial charge in [0, 0.05) is 6.42 Å². The number of benzene rings is 3. The van der Waals surface area contributed by atoms with Crippen LogP contribution in [0.2, 0.25) is 0 Å². The van der Waals surface area contributed by atoms with E-state index in [0.29, 0.717) is 24.2 Å². The Morgan fingerprint density at radius 1 is 0.759 bits per heavy atom. The van der Waals surface area contributed by atoms with Crippen LogP contribution in [-0.2, 0) is 15.2 Å². The minimum atomic E-state index is -1.15. The Bertz CT molecular complexity index is 934. The first-order chi connectivity index (χ1) is 14.2. The van der Waals surface area contributed by atoms with Gasteiger partial charge in [0.05, 0.1) is 11.4 Å². The fourth-order valence-electron chi connectivity index (χ4n) is 3.73. The van der Waals surface area contributed by atoms with Crippen LogP contribution in [0.15, 0.2) is 91.0 Å². The maximum atomic E-state index is 13.2. The van der Waals surface area contributed by atoms with Crippen molar-refractivity contribution in [2.24, 2.45) is 0 Å². The van der Waals surface area contributed by atoms with Crippen LogP contribution in [0.3, 0.4) is 0 Å². The lowest BCUT2D eigenvalue weighted by atomic mass is 9.78.